The minimum absolute atomic E-state index is 0.0406. The van der Waals surface area contributed by atoms with E-state index in [1.807, 2.05) is 0 Å². The van der Waals surface area contributed by atoms with E-state index >= 15 is 0 Å². The zero-order valence-corrected chi connectivity index (χ0v) is 8.84. The third-order valence-corrected chi connectivity index (χ3v) is 1.71. The Morgan fingerprint density at radius 1 is 1.75 bits per heavy atom. The summed E-state index contributed by atoms with van der Waals surface area (Å²) in [5.74, 6) is -0.534. The van der Waals surface area contributed by atoms with Gasteiger partial charge in [0.05, 0.1) is 17.4 Å². The predicted octanol–water partition coefficient (Wildman–Crippen LogP) is 0.484. The molecule has 0 saturated carbocycles. The lowest BCUT2D eigenvalue weighted by Gasteiger charge is -2.02. The average Bonchev–Trinajstić information content (AvgIpc) is 2.63. The molecule has 7 heteroatoms. The number of rotatable bonds is 5. The van der Waals surface area contributed by atoms with Crippen LogP contribution in [0.15, 0.2) is 24.4 Å². The molecule has 0 aliphatic heterocycles. The van der Waals surface area contributed by atoms with Crippen molar-refractivity contribution in [3.63, 3.8) is 0 Å². The van der Waals surface area contributed by atoms with E-state index in [1.165, 1.54) is 16.9 Å². The Morgan fingerprint density at radius 3 is 2.94 bits per heavy atom. The minimum atomic E-state index is -0.609. The summed E-state index contributed by atoms with van der Waals surface area (Å²) in [5.41, 5.74) is 0.833. The Hall–Kier alpha value is -2.18. The van der Waals surface area contributed by atoms with Crippen molar-refractivity contribution >= 4 is 11.7 Å². The first-order valence-corrected chi connectivity index (χ1v) is 4.58. The molecule has 1 rings (SSSR count). The Morgan fingerprint density at radius 2 is 2.44 bits per heavy atom. The van der Waals surface area contributed by atoms with Crippen LogP contribution >= 0.6 is 0 Å². The molecule has 0 aromatic carbocycles. The molecule has 7 nitrogen and oxygen atoms in total. The monoisotopic (exact) mass is 224 g/mol. The second kappa shape index (κ2) is 5.06. The van der Waals surface area contributed by atoms with E-state index in [0.717, 1.165) is 5.57 Å². The summed E-state index contributed by atoms with van der Waals surface area (Å²) < 4.78 is 1.21. The summed E-state index contributed by atoms with van der Waals surface area (Å²) in [5, 5.41) is 16.5. The number of nitrogens with one attached hydrogen (secondary N) is 1. The third-order valence-electron chi connectivity index (χ3n) is 1.71. The van der Waals surface area contributed by atoms with Crippen LogP contribution in [0, 0.1) is 10.1 Å². The molecule has 1 aromatic rings. The van der Waals surface area contributed by atoms with Gasteiger partial charge in [-0.25, -0.2) is 0 Å². The van der Waals surface area contributed by atoms with Crippen molar-refractivity contribution in [1.82, 2.24) is 15.1 Å². The van der Waals surface area contributed by atoms with E-state index in [9.17, 15) is 14.9 Å². The van der Waals surface area contributed by atoms with Crippen LogP contribution in [0.3, 0.4) is 0 Å². The fraction of sp³-hybridized carbons (Fsp3) is 0.333. The summed E-state index contributed by atoms with van der Waals surface area (Å²) in [6.07, 6.45) is 1.39. The molecule has 0 fully saturated rings. The van der Waals surface area contributed by atoms with Crippen molar-refractivity contribution in [2.75, 3.05) is 6.54 Å². The molecule has 0 spiro atoms. The van der Waals surface area contributed by atoms with Crippen molar-refractivity contribution in [2.45, 2.75) is 13.5 Å². The Kier molecular flexibility index (Phi) is 3.76. The Labute approximate surface area is 91.9 Å². The molecule has 0 unspecified atom stereocenters. The number of nitrogens with zero attached hydrogens (tertiary/aromatic N) is 3. The summed E-state index contributed by atoms with van der Waals surface area (Å²) in [6, 6.07) is 1.24. The maximum atomic E-state index is 11.3. The van der Waals surface area contributed by atoms with Crippen LogP contribution in [0.1, 0.15) is 6.92 Å². The third kappa shape index (κ3) is 3.52. The number of carbonyl (C=O) groups is 1. The number of amides is 1. The molecule has 0 aliphatic rings. The Balaban J connectivity index is 2.49. The fourth-order valence-corrected chi connectivity index (χ4v) is 0.989. The molecular formula is C9H12N4O3. The topological polar surface area (TPSA) is 90.1 Å². The summed E-state index contributed by atoms with van der Waals surface area (Å²) in [6.45, 7) is 5.78. The van der Waals surface area contributed by atoms with Gasteiger partial charge in [0.25, 0.3) is 0 Å². The SMILES string of the molecule is C=C(C)CNC(=O)Cn1ccc([N+](=O)[O-])n1. The van der Waals surface area contributed by atoms with Gasteiger partial charge in [0, 0.05) is 6.54 Å². The molecule has 1 aromatic heterocycles. The van der Waals surface area contributed by atoms with Gasteiger partial charge in [0.15, 0.2) is 0 Å². The van der Waals surface area contributed by atoms with Crippen LogP contribution < -0.4 is 5.32 Å². The van der Waals surface area contributed by atoms with Crippen LogP contribution in [-0.4, -0.2) is 27.2 Å². The van der Waals surface area contributed by atoms with Crippen LogP contribution in [0.2, 0.25) is 0 Å². The van der Waals surface area contributed by atoms with Crippen molar-refractivity contribution in [2.24, 2.45) is 0 Å². The summed E-state index contributed by atoms with van der Waals surface area (Å²) >= 11 is 0. The molecule has 16 heavy (non-hydrogen) atoms. The molecular weight excluding hydrogens is 212 g/mol. The van der Waals surface area contributed by atoms with E-state index in [2.05, 4.69) is 17.0 Å². The fourth-order valence-electron chi connectivity index (χ4n) is 0.989. The largest absolute Gasteiger partial charge is 0.389 e. The molecule has 0 bridgehead atoms. The van der Waals surface area contributed by atoms with Gasteiger partial charge in [0.2, 0.25) is 5.91 Å². The molecule has 0 atom stereocenters. The quantitative estimate of drug-likeness (QED) is 0.447. The van der Waals surface area contributed by atoms with Gasteiger partial charge in [0.1, 0.15) is 6.54 Å². The van der Waals surface area contributed by atoms with E-state index in [1.54, 1.807) is 6.92 Å². The lowest BCUT2D eigenvalue weighted by molar-refractivity contribution is -0.389. The van der Waals surface area contributed by atoms with Crippen LogP contribution in [0.4, 0.5) is 5.82 Å². The van der Waals surface area contributed by atoms with E-state index in [-0.39, 0.29) is 18.3 Å². The second-order valence-corrected chi connectivity index (χ2v) is 3.36. The molecule has 0 saturated heterocycles. The lowest BCUT2D eigenvalue weighted by atomic mass is 10.3. The zero-order valence-electron chi connectivity index (χ0n) is 8.84. The maximum absolute atomic E-state index is 11.3. The number of aromatic nitrogens is 2. The zero-order chi connectivity index (χ0) is 12.1. The first-order chi connectivity index (χ1) is 7.49. The molecule has 1 N–H and O–H groups in total. The van der Waals surface area contributed by atoms with Crippen molar-refractivity contribution in [3.8, 4) is 0 Å². The van der Waals surface area contributed by atoms with Crippen molar-refractivity contribution in [1.29, 1.82) is 0 Å². The predicted molar refractivity (Wildman–Crippen MR) is 56.7 cm³/mol. The van der Waals surface area contributed by atoms with Crippen LogP contribution in [0.25, 0.3) is 0 Å². The number of hydrogen-bond donors (Lipinski definition) is 1. The average molecular weight is 224 g/mol. The van der Waals surface area contributed by atoms with Gasteiger partial charge in [-0.3, -0.25) is 4.79 Å². The lowest BCUT2D eigenvalue weighted by Crippen LogP contribution is -2.28. The molecule has 0 aliphatic carbocycles. The highest BCUT2D eigenvalue weighted by Crippen LogP contribution is 2.04. The smallest absolute Gasteiger partial charge is 0.358 e. The van der Waals surface area contributed by atoms with Gasteiger partial charge in [-0.2, -0.15) is 4.68 Å². The van der Waals surface area contributed by atoms with E-state index < -0.39 is 4.92 Å². The summed E-state index contributed by atoms with van der Waals surface area (Å²) in [7, 11) is 0. The van der Waals surface area contributed by atoms with Crippen molar-refractivity contribution < 1.29 is 9.72 Å². The highest BCUT2D eigenvalue weighted by molar-refractivity contribution is 5.75. The standard InChI is InChI=1S/C9H12N4O3/c1-7(2)5-10-9(14)6-12-4-3-8(11-12)13(15)16/h3-4H,1,5-6H2,2H3,(H,10,14). The van der Waals surface area contributed by atoms with Gasteiger partial charge in [-0.15, -0.1) is 0 Å². The second-order valence-electron chi connectivity index (χ2n) is 3.36. The van der Waals surface area contributed by atoms with E-state index in [0.29, 0.717) is 6.54 Å². The molecule has 0 radical (unpaired) electrons. The van der Waals surface area contributed by atoms with Crippen LogP contribution in [0.5, 0.6) is 0 Å². The normalized spacial score (nSPS) is 9.81. The summed E-state index contributed by atoms with van der Waals surface area (Å²) in [4.78, 5) is 21.0. The van der Waals surface area contributed by atoms with Gasteiger partial charge in [-0.05, 0) is 11.8 Å². The molecule has 86 valence electrons. The van der Waals surface area contributed by atoms with Gasteiger partial charge in [-0.1, -0.05) is 12.2 Å². The first-order valence-electron chi connectivity index (χ1n) is 4.58. The molecule has 1 heterocycles. The van der Waals surface area contributed by atoms with Gasteiger partial charge >= 0.3 is 5.82 Å². The highest BCUT2D eigenvalue weighted by atomic mass is 16.6. The highest BCUT2D eigenvalue weighted by Gasteiger charge is 2.12. The minimum Gasteiger partial charge on any atom is -0.358 e. The first kappa shape index (κ1) is 11.9. The number of nitro groups is 1. The Bertz CT molecular complexity index is 424. The molecule has 1 amide bonds. The van der Waals surface area contributed by atoms with Crippen LogP contribution in [-0.2, 0) is 11.3 Å². The van der Waals surface area contributed by atoms with E-state index in [4.69, 9.17) is 0 Å². The number of hydrogen-bond acceptors (Lipinski definition) is 4. The maximum Gasteiger partial charge on any atom is 0.389 e. The van der Waals surface area contributed by atoms with Crippen molar-refractivity contribution in [3.05, 3.63) is 34.5 Å². The van der Waals surface area contributed by atoms with Gasteiger partial charge < -0.3 is 15.4 Å². The number of carbonyl (C=O) groups excluding carboxylic acids is 1.